The Kier molecular flexibility index (Phi) is 9.34. The summed E-state index contributed by atoms with van der Waals surface area (Å²) in [5.74, 6) is 0.0644. The summed E-state index contributed by atoms with van der Waals surface area (Å²) in [6.07, 6.45) is 3.99. The van der Waals surface area contributed by atoms with Crippen LogP contribution in [-0.2, 0) is 16.1 Å². The standard InChI is InChI=1S/C20H28BrN3O3S/c1-14(2)27-12-6-10-22-18(25)7-4-3-5-11-24-19(26)16-13-15(21)8-9-17(16)23-20(24)28/h8-9,13-14H,3-7,10-12H2,1-2H3,(H,22,25)(H,23,28). The molecule has 8 heteroatoms. The molecule has 1 heterocycles. The molecule has 6 nitrogen and oxygen atoms in total. The summed E-state index contributed by atoms with van der Waals surface area (Å²) in [4.78, 5) is 27.6. The summed E-state index contributed by atoms with van der Waals surface area (Å²) in [5.41, 5.74) is 0.659. The number of ether oxygens (including phenoxy) is 1. The minimum Gasteiger partial charge on any atom is -0.379 e. The van der Waals surface area contributed by atoms with Gasteiger partial charge in [-0.1, -0.05) is 22.4 Å². The Balaban J connectivity index is 1.73. The number of H-pyrrole nitrogens is 1. The van der Waals surface area contributed by atoms with E-state index in [0.29, 0.717) is 36.3 Å². The van der Waals surface area contributed by atoms with Crippen molar-refractivity contribution in [2.45, 2.75) is 58.6 Å². The Hall–Kier alpha value is -1.51. The number of nitrogens with zero attached hydrogens (tertiary/aromatic N) is 1. The predicted molar refractivity (Wildman–Crippen MR) is 118 cm³/mol. The summed E-state index contributed by atoms with van der Waals surface area (Å²) in [5, 5.41) is 3.52. The van der Waals surface area contributed by atoms with E-state index < -0.39 is 0 Å². The van der Waals surface area contributed by atoms with Crippen molar-refractivity contribution in [2.75, 3.05) is 13.2 Å². The fraction of sp³-hybridized carbons (Fsp3) is 0.550. The van der Waals surface area contributed by atoms with Gasteiger partial charge in [-0.25, -0.2) is 0 Å². The Morgan fingerprint density at radius 1 is 1.29 bits per heavy atom. The van der Waals surface area contributed by atoms with Crippen molar-refractivity contribution in [3.05, 3.63) is 37.8 Å². The monoisotopic (exact) mass is 469 g/mol. The van der Waals surface area contributed by atoms with Gasteiger partial charge in [-0.3, -0.25) is 14.2 Å². The molecule has 0 aliphatic heterocycles. The number of nitrogens with one attached hydrogen (secondary N) is 2. The van der Waals surface area contributed by atoms with Crippen molar-refractivity contribution in [3.63, 3.8) is 0 Å². The third-order valence-electron chi connectivity index (χ3n) is 4.32. The van der Waals surface area contributed by atoms with E-state index in [2.05, 4.69) is 26.2 Å². The Labute approximate surface area is 178 Å². The summed E-state index contributed by atoms with van der Waals surface area (Å²) >= 11 is 8.72. The van der Waals surface area contributed by atoms with Crippen LogP contribution in [0.2, 0.25) is 0 Å². The highest BCUT2D eigenvalue weighted by molar-refractivity contribution is 9.10. The van der Waals surface area contributed by atoms with Gasteiger partial charge in [-0.2, -0.15) is 0 Å². The summed E-state index contributed by atoms with van der Waals surface area (Å²) in [6, 6.07) is 5.52. The molecule has 0 aliphatic carbocycles. The minimum atomic E-state index is -0.0820. The van der Waals surface area contributed by atoms with Crippen LogP contribution in [0.1, 0.15) is 46.0 Å². The van der Waals surface area contributed by atoms with Gasteiger partial charge < -0.3 is 15.0 Å². The number of hydrogen-bond donors (Lipinski definition) is 2. The van der Waals surface area contributed by atoms with E-state index in [4.69, 9.17) is 17.0 Å². The second kappa shape index (κ2) is 11.5. The van der Waals surface area contributed by atoms with Gasteiger partial charge in [-0.15, -0.1) is 0 Å². The molecule has 2 N–H and O–H groups in total. The maximum Gasteiger partial charge on any atom is 0.262 e. The molecule has 1 aromatic carbocycles. The second-order valence-electron chi connectivity index (χ2n) is 7.01. The van der Waals surface area contributed by atoms with Crippen LogP contribution in [0.25, 0.3) is 10.9 Å². The van der Waals surface area contributed by atoms with Gasteiger partial charge in [0, 0.05) is 30.6 Å². The van der Waals surface area contributed by atoms with Gasteiger partial charge in [0.25, 0.3) is 5.56 Å². The number of carbonyl (C=O) groups is 1. The van der Waals surface area contributed by atoms with Gasteiger partial charge in [0.2, 0.25) is 5.91 Å². The molecule has 2 rings (SSSR count). The number of rotatable bonds is 11. The molecule has 0 aliphatic rings. The van der Waals surface area contributed by atoms with E-state index in [1.54, 1.807) is 10.6 Å². The highest BCUT2D eigenvalue weighted by Gasteiger charge is 2.07. The number of benzene rings is 1. The number of unbranched alkanes of at least 4 members (excludes halogenated alkanes) is 2. The molecule has 0 fully saturated rings. The van der Waals surface area contributed by atoms with Gasteiger partial charge in [0.05, 0.1) is 17.0 Å². The lowest BCUT2D eigenvalue weighted by Crippen LogP contribution is -2.25. The minimum absolute atomic E-state index is 0.0644. The zero-order chi connectivity index (χ0) is 20.5. The fourth-order valence-corrected chi connectivity index (χ4v) is 3.51. The average molecular weight is 470 g/mol. The third kappa shape index (κ3) is 7.14. The molecule has 2 aromatic rings. The van der Waals surface area contributed by atoms with E-state index in [0.717, 1.165) is 35.7 Å². The van der Waals surface area contributed by atoms with Crippen LogP contribution >= 0.6 is 28.1 Å². The zero-order valence-electron chi connectivity index (χ0n) is 16.4. The number of halogens is 1. The Morgan fingerprint density at radius 3 is 2.82 bits per heavy atom. The first-order chi connectivity index (χ1) is 13.4. The molecular weight excluding hydrogens is 442 g/mol. The molecule has 0 bridgehead atoms. The number of aromatic amines is 1. The lowest BCUT2D eigenvalue weighted by Gasteiger charge is -2.09. The van der Waals surface area contributed by atoms with E-state index in [9.17, 15) is 9.59 Å². The number of fused-ring (bicyclic) bond motifs is 1. The number of aromatic nitrogens is 2. The first-order valence-electron chi connectivity index (χ1n) is 9.69. The summed E-state index contributed by atoms with van der Waals surface area (Å²) in [7, 11) is 0. The van der Waals surface area contributed by atoms with E-state index in [1.807, 2.05) is 26.0 Å². The number of carbonyl (C=O) groups excluding carboxylic acids is 1. The quantitative estimate of drug-likeness (QED) is 0.379. The van der Waals surface area contributed by atoms with Crippen molar-refractivity contribution >= 4 is 45.0 Å². The van der Waals surface area contributed by atoms with Gasteiger partial charge in [0.1, 0.15) is 0 Å². The normalized spacial score (nSPS) is 11.3. The first kappa shape index (κ1) is 22.8. The molecule has 154 valence electrons. The largest absolute Gasteiger partial charge is 0.379 e. The molecule has 0 radical (unpaired) electrons. The average Bonchev–Trinajstić information content (AvgIpc) is 2.64. The lowest BCUT2D eigenvalue weighted by molar-refractivity contribution is -0.121. The molecule has 0 saturated carbocycles. The smallest absolute Gasteiger partial charge is 0.262 e. The van der Waals surface area contributed by atoms with Crippen LogP contribution in [0, 0.1) is 4.77 Å². The molecule has 1 amide bonds. The predicted octanol–water partition coefficient (Wildman–Crippen LogP) is 4.31. The third-order valence-corrected chi connectivity index (χ3v) is 5.14. The van der Waals surface area contributed by atoms with Crippen molar-refractivity contribution in [1.29, 1.82) is 0 Å². The van der Waals surface area contributed by atoms with Crippen LogP contribution in [0.15, 0.2) is 27.5 Å². The van der Waals surface area contributed by atoms with Crippen LogP contribution < -0.4 is 10.9 Å². The SMILES string of the molecule is CC(C)OCCCNC(=O)CCCCCn1c(=S)[nH]c2ccc(Br)cc2c1=O. The molecule has 0 atom stereocenters. The summed E-state index contributed by atoms with van der Waals surface area (Å²) < 4.78 is 8.32. The molecule has 0 spiro atoms. The molecule has 1 aromatic heterocycles. The van der Waals surface area contributed by atoms with Gasteiger partial charge >= 0.3 is 0 Å². The van der Waals surface area contributed by atoms with Crippen molar-refractivity contribution in [2.24, 2.45) is 0 Å². The number of amides is 1. The van der Waals surface area contributed by atoms with Crippen LogP contribution in [0.4, 0.5) is 0 Å². The first-order valence-corrected chi connectivity index (χ1v) is 10.9. The van der Waals surface area contributed by atoms with Crippen LogP contribution in [0.5, 0.6) is 0 Å². The van der Waals surface area contributed by atoms with Crippen LogP contribution in [0.3, 0.4) is 0 Å². The molecule has 28 heavy (non-hydrogen) atoms. The lowest BCUT2D eigenvalue weighted by atomic mass is 10.2. The van der Waals surface area contributed by atoms with Crippen molar-refractivity contribution < 1.29 is 9.53 Å². The number of hydrogen-bond acceptors (Lipinski definition) is 4. The molecule has 0 saturated heterocycles. The van der Waals surface area contributed by atoms with Crippen LogP contribution in [-0.4, -0.2) is 34.7 Å². The Bertz CT molecular complexity index is 908. The maximum absolute atomic E-state index is 12.7. The topological polar surface area (TPSA) is 76.1 Å². The summed E-state index contributed by atoms with van der Waals surface area (Å²) in [6.45, 7) is 5.84. The fourth-order valence-electron chi connectivity index (χ4n) is 2.87. The van der Waals surface area contributed by atoms with E-state index >= 15 is 0 Å². The van der Waals surface area contributed by atoms with E-state index in [1.165, 1.54) is 0 Å². The molecule has 0 unspecified atom stereocenters. The second-order valence-corrected chi connectivity index (χ2v) is 8.31. The van der Waals surface area contributed by atoms with Gasteiger partial charge in [-0.05, 0) is 63.5 Å². The van der Waals surface area contributed by atoms with Crippen molar-refractivity contribution in [3.8, 4) is 0 Å². The van der Waals surface area contributed by atoms with E-state index in [-0.39, 0.29) is 17.6 Å². The zero-order valence-corrected chi connectivity index (χ0v) is 18.8. The molecular formula is C20H28BrN3O3S. The van der Waals surface area contributed by atoms with Crippen molar-refractivity contribution in [1.82, 2.24) is 14.9 Å². The highest BCUT2D eigenvalue weighted by atomic mass is 79.9. The highest BCUT2D eigenvalue weighted by Crippen LogP contribution is 2.15. The maximum atomic E-state index is 12.7. The van der Waals surface area contributed by atoms with Gasteiger partial charge in [0.15, 0.2) is 4.77 Å². The Morgan fingerprint density at radius 2 is 2.07 bits per heavy atom.